The predicted molar refractivity (Wildman–Crippen MR) is 138 cm³/mol. The van der Waals surface area contributed by atoms with Gasteiger partial charge in [-0.15, -0.1) is 0 Å². The molecule has 2 heterocycles. The molecule has 198 valence electrons. The number of benzene rings is 2. The van der Waals surface area contributed by atoms with Crippen LogP contribution < -0.4 is 15.0 Å². The minimum atomic E-state index is -4.52. The van der Waals surface area contributed by atoms with Gasteiger partial charge in [0.05, 0.1) is 19.1 Å². The first-order valence-electron chi connectivity index (χ1n) is 11.8. The Hall–Kier alpha value is -4.25. The Kier molecular flexibility index (Phi) is 7.77. The Labute approximate surface area is 219 Å². The number of sulfone groups is 1. The van der Waals surface area contributed by atoms with E-state index in [2.05, 4.69) is 9.97 Å². The molecule has 4 aromatic rings. The van der Waals surface area contributed by atoms with Crippen LogP contribution in [0.3, 0.4) is 0 Å². The van der Waals surface area contributed by atoms with Gasteiger partial charge < -0.3 is 14.6 Å². The van der Waals surface area contributed by atoms with E-state index in [0.29, 0.717) is 24.0 Å². The molecule has 0 fully saturated rings. The Morgan fingerprint density at radius 1 is 0.974 bits per heavy atom. The molecule has 0 aliphatic carbocycles. The minimum Gasteiger partial charge on any atom is -0.494 e. The van der Waals surface area contributed by atoms with Crippen LogP contribution in [0.1, 0.15) is 25.6 Å². The zero-order valence-corrected chi connectivity index (χ0v) is 21.8. The first kappa shape index (κ1) is 26.8. The van der Waals surface area contributed by atoms with Gasteiger partial charge in [0, 0.05) is 18.2 Å². The number of ether oxygens (including phenoxy) is 2. The number of para-hydroxylation sites is 1. The molecule has 1 N–H and O–H groups in total. The highest BCUT2D eigenvalue weighted by Gasteiger charge is 2.31. The maximum absolute atomic E-state index is 13.6. The van der Waals surface area contributed by atoms with Crippen molar-refractivity contribution in [2.45, 2.75) is 36.0 Å². The van der Waals surface area contributed by atoms with Gasteiger partial charge in [0.2, 0.25) is 21.7 Å². The summed E-state index contributed by atoms with van der Waals surface area (Å²) in [6.45, 7) is 1.95. The Balaban J connectivity index is 1.92. The lowest BCUT2D eigenvalue weighted by atomic mass is 10.1. The number of pyridine rings is 1. The fourth-order valence-corrected chi connectivity index (χ4v) is 5.39. The molecule has 0 atom stereocenters. The molecule has 0 saturated heterocycles. The topological polar surface area (TPSA) is 121 Å². The molecule has 0 aliphatic heterocycles. The SMILES string of the molecule is CCCCc1nc(=O)c(S(=O)(=O)c2ccc(-c3ccc(F)nc3)cc2)c(O)n1-c1c(OC)cccc1OC. The number of aryl methyl sites for hydroxylation is 1. The fraction of sp³-hybridized carbons (Fsp3) is 0.222. The summed E-state index contributed by atoms with van der Waals surface area (Å²) in [6.07, 6.45) is 3.02. The van der Waals surface area contributed by atoms with Crippen molar-refractivity contribution in [1.82, 2.24) is 14.5 Å². The predicted octanol–water partition coefficient (Wildman–Crippen LogP) is 4.33. The van der Waals surface area contributed by atoms with Crippen molar-refractivity contribution in [2.24, 2.45) is 0 Å². The molecular weight excluding hydrogens is 513 g/mol. The van der Waals surface area contributed by atoms with Gasteiger partial charge >= 0.3 is 0 Å². The monoisotopic (exact) mass is 539 g/mol. The number of unbranched alkanes of at least 4 members (excludes halogenated alkanes) is 1. The molecular formula is C27H26FN3O6S. The average molecular weight is 540 g/mol. The number of aromatic nitrogens is 3. The van der Waals surface area contributed by atoms with Crippen LogP contribution in [0.25, 0.3) is 16.8 Å². The summed E-state index contributed by atoms with van der Waals surface area (Å²) >= 11 is 0. The minimum absolute atomic E-state index is 0.162. The average Bonchev–Trinajstić information content (AvgIpc) is 2.91. The van der Waals surface area contributed by atoms with Crippen LogP contribution in [-0.4, -0.2) is 42.3 Å². The summed E-state index contributed by atoms with van der Waals surface area (Å²) < 4.78 is 52.6. The molecule has 0 amide bonds. The van der Waals surface area contributed by atoms with Crippen molar-refractivity contribution in [3.05, 3.63) is 82.9 Å². The molecule has 38 heavy (non-hydrogen) atoms. The number of halogens is 1. The summed E-state index contributed by atoms with van der Waals surface area (Å²) in [5.41, 5.74) is 0.297. The number of hydrogen-bond donors (Lipinski definition) is 1. The molecule has 0 spiro atoms. The van der Waals surface area contributed by atoms with E-state index < -0.39 is 32.1 Å². The van der Waals surface area contributed by atoms with Crippen molar-refractivity contribution in [1.29, 1.82) is 0 Å². The molecule has 0 bridgehead atoms. The van der Waals surface area contributed by atoms with E-state index in [0.717, 1.165) is 6.42 Å². The second kappa shape index (κ2) is 11.0. The molecule has 9 nitrogen and oxygen atoms in total. The Morgan fingerprint density at radius 2 is 1.61 bits per heavy atom. The van der Waals surface area contributed by atoms with E-state index in [-0.39, 0.29) is 27.9 Å². The number of aromatic hydroxyl groups is 1. The van der Waals surface area contributed by atoms with Crippen molar-refractivity contribution in [3.63, 3.8) is 0 Å². The highest BCUT2D eigenvalue weighted by atomic mass is 32.2. The molecule has 0 aliphatic rings. The van der Waals surface area contributed by atoms with Gasteiger partial charge in [-0.2, -0.15) is 9.37 Å². The fourth-order valence-electron chi connectivity index (χ4n) is 4.05. The van der Waals surface area contributed by atoms with E-state index >= 15 is 0 Å². The Bertz CT molecular complexity index is 1600. The normalized spacial score (nSPS) is 11.4. The maximum Gasteiger partial charge on any atom is 0.296 e. The summed E-state index contributed by atoms with van der Waals surface area (Å²) in [6, 6.07) is 13.2. The van der Waals surface area contributed by atoms with Crippen LogP contribution in [0.15, 0.2) is 75.4 Å². The number of methoxy groups -OCH3 is 2. The third kappa shape index (κ3) is 4.97. The summed E-state index contributed by atoms with van der Waals surface area (Å²) in [5.74, 6) is -0.714. The highest BCUT2D eigenvalue weighted by molar-refractivity contribution is 7.91. The zero-order chi connectivity index (χ0) is 27.4. The molecule has 2 aromatic heterocycles. The smallest absolute Gasteiger partial charge is 0.296 e. The zero-order valence-electron chi connectivity index (χ0n) is 21.0. The lowest BCUT2D eigenvalue weighted by molar-refractivity contribution is 0.374. The third-order valence-corrected chi connectivity index (χ3v) is 7.76. The summed E-state index contributed by atoms with van der Waals surface area (Å²) in [7, 11) is -1.67. The second-order valence-corrected chi connectivity index (χ2v) is 10.2. The lowest BCUT2D eigenvalue weighted by Crippen LogP contribution is -2.25. The van der Waals surface area contributed by atoms with Crippen LogP contribution in [-0.2, 0) is 16.3 Å². The van der Waals surface area contributed by atoms with Crippen molar-refractivity contribution in [2.75, 3.05) is 14.2 Å². The molecule has 0 radical (unpaired) electrons. The number of nitrogens with zero attached hydrogens (tertiary/aromatic N) is 3. The van der Waals surface area contributed by atoms with Gasteiger partial charge in [-0.1, -0.05) is 31.5 Å². The van der Waals surface area contributed by atoms with Gasteiger partial charge in [0.25, 0.3) is 5.56 Å². The highest BCUT2D eigenvalue weighted by Crippen LogP contribution is 2.38. The van der Waals surface area contributed by atoms with Gasteiger partial charge in [0.1, 0.15) is 23.0 Å². The van der Waals surface area contributed by atoms with Gasteiger partial charge in [0.15, 0.2) is 4.90 Å². The van der Waals surface area contributed by atoms with E-state index in [1.54, 1.807) is 18.2 Å². The second-order valence-electron chi connectivity index (χ2n) is 8.33. The van der Waals surface area contributed by atoms with Crippen LogP contribution in [0.5, 0.6) is 17.4 Å². The van der Waals surface area contributed by atoms with Crippen LogP contribution >= 0.6 is 0 Å². The molecule has 2 aromatic carbocycles. The maximum atomic E-state index is 13.6. The number of hydrogen-bond acceptors (Lipinski definition) is 8. The van der Waals surface area contributed by atoms with E-state index in [4.69, 9.17) is 9.47 Å². The third-order valence-electron chi connectivity index (χ3n) is 5.97. The van der Waals surface area contributed by atoms with Crippen molar-refractivity contribution >= 4 is 9.84 Å². The van der Waals surface area contributed by atoms with E-state index in [1.165, 1.54) is 61.4 Å². The van der Waals surface area contributed by atoms with Gasteiger partial charge in [-0.3, -0.25) is 9.36 Å². The lowest BCUT2D eigenvalue weighted by Gasteiger charge is -2.21. The molecule has 0 saturated carbocycles. The summed E-state index contributed by atoms with van der Waals surface area (Å²) in [4.78, 5) is 19.7. The largest absolute Gasteiger partial charge is 0.494 e. The molecule has 4 rings (SSSR count). The van der Waals surface area contributed by atoms with Crippen molar-refractivity contribution in [3.8, 4) is 34.2 Å². The first-order valence-corrected chi connectivity index (χ1v) is 13.2. The van der Waals surface area contributed by atoms with E-state index in [9.17, 15) is 22.7 Å². The number of rotatable bonds is 9. The molecule has 0 unspecified atom stereocenters. The summed E-state index contributed by atoms with van der Waals surface area (Å²) in [5, 5.41) is 11.4. The molecule has 11 heteroatoms. The van der Waals surface area contributed by atoms with Gasteiger partial charge in [-0.05, 0) is 48.4 Å². The Morgan fingerprint density at radius 3 is 2.16 bits per heavy atom. The van der Waals surface area contributed by atoms with Crippen LogP contribution in [0, 0.1) is 5.95 Å². The van der Waals surface area contributed by atoms with Gasteiger partial charge in [-0.25, -0.2) is 13.4 Å². The quantitative estimate of drug-likeness (QED) is 0.312. The standard InChI is InChI=1S/C27H26FN3O6S/c1-4-5-9-23-30-26(32)25(27(33)31(23)24-20(36-2)7-6-8-21(24)37-3)38(34,35)19-13-10-17(11-14-19)18-12-15-22(28)29-16-18/h6-8,10-16,33H,4-5,9H2,1-3H3. The van der Waals surface area contributed by atoms with Crippen molar-refractivity contribution < 1.29 is 27.4 Å². The first-order chi connectivity index (χ1) is 18.2. The van der Waals surface area contributed by atoms with Crippen LogP contribution in [0.2, 0.25) is 0 Å². The van der Waals surface area contributed by atoms with Crippen LogP contribution in [0.4, 0.5) is 4.39 Å². The van der Waals surface area contributed by atoms with E-state index in [1.807, 2.05) is 6.92 Å².